The van der Waals surface area contributed by atoms with E-state index in [1.54, 1.807) is 7.11 Å². The van der Waals surface area contributed by atoms with Crippen LogP contribution >= 0.6 is 11.8 Å². The lowest BCUT2D eigenvalue weighted by atomic mass is 10.2. The van der Waals surface area contributed by atoms with E-state index in [1.165, 1.54) is 25.7 Å². The lowest BCUT2D eigenvalue weighted by Gasteiger charge is -2.14. The van der Waals surface area contributed by atoms with Crippen molar-refractivity contribution in [1.82, 2.24) is 5.32 Å². The summed E-state index contributed by atoms with van der Waals surface area (Å²) in [6, 6.07) is 15.5. The molecule has 1 saturated carbocycles. The van der Waals surface area contributed by atoms with Gasteiger partial charge < -0.3 is 15.4 Å². The SMILES string of the molecule is COc1cccc(CNC(=O)Nc2ccccc2SC2CCCC2)c1. The highest BCUT2D eigenvalue weighted by molar-refractivity contribution is 8.00. The molecule has 4 nitrogen and oxygen atoms in total. The van der Waals surface area contributed by atoms with Gasteiger partial charge in [0.2, 0.25) is 0 Å². The van der Waals surface area contributed by atoms with Gasteiger partial charge in [-0.3, -0.25) is 0 Å². The number of thioether (sulfide) groups is 1. The number of anilines is 1. The summed E-state index contributed by atoms with van der Waals surface area (Å²) < 4.78 is 5.21. The minimum absolute atomic E-state index is 0.192. The summed E-state index contributed by atoms with van der Waals surface area (Å²) >= 11 is 1.88. The average Bonchev–Trinajstić information content (AvgIpc) is 3.15. The van der Waals surface area contributed by atoms with Crippen molar-refractivity contribution in [1.29, 1.82) is 0 Å². The van der Waals surface area contributed by atoms with Crippen molar-refractivity contribution in [2.24, 2.45) is 0 Å². The molecule has 2 N–H and O–H groups in total. The Hall–Kier alpha value is -2.14. The van der Waals surface area contributed by atoms with Crippen molar-refractivity contribution in [3.8, 4) is 5.75 Å². The van der Waals surface area contributed by atoms with E-state index in [2.05, 4.69) is 16.7 Å². The van der Waals surface area contributed by atoms with Gasteiger partial charge >= 0.3 is 6.03 Å². The van der Waals surface area contributed by atoms with E-state index in [4.69, 9.17) is 4.74 Å². The summed E-state index contributed by atoms with van der Waals surface area (Å²) in [7, 11) is 1.64. The van der Waals surface area contributed by atoms with E-state index < -0.39 is 0 Å². The molecule has 25 heavy (non-hydrogen) atoms. The zero-order valence-corrected chi connectivity index (χ0v) is 15.3. The first-order valence-electron chi connectivity index (χ1n) is 8.68. The minimum atomic E-state index is -0.192. The largest absolute Gasteiger partial charge is 0.497 e. The van der Waals surface area contributed by atoms with Crippen LogP contribution in [0.3, 0.4) is 0 Å². The van der Waals surface area contributed by atoms with Gasteiger partial charge in [0.25, 0.3) is 0 Å². The number of hydrogen-bond donors (Lipinski definition) is 2. The molecule has 1 aliphatic rings. The fourth-order valence-electron chi connectivity index (χ4n) is 2.99. The van der Waals surface area contributed by atoms with Crippen molar-refractivity contribution < 1.29 is 9.53 Å². The van der Waals surface area contributed by atoms with E-state index in [-0.39, 0.29) is 6.03 Å². The number of methoxy groups -OCH3 is 1. The van der Waals surface area contributed by atoms with Crippen LogP contribution in [0.1, 0.15) is 31.2 Å². The van der Waals surface area contributed by atoms with Crippen LogP contribution in [0.5, 0.6) is 5.75 Å². The molecule has 0 saturated heterocycles. The van der Waals surface area contributed by atoms with Gasteiger partial charge in [-0.1, -0.05) is 37.1 Å². The maximum atomic E-state index is 12.3. The van der Waals surface area contributed by atoms with Crippen molar-refractivity contribution >= 4 is 23.5 Å². The molecular weight excluding hydrogens is 332 g/mol. The molecule has 0 spiro atoms. The standard InChI is InChI=1S/C20H24N2O2S/c1-24-16-8-6-7-15(13-16)14-21-20(23)22-18-11-4-5-12-19(18)25-17-9-2-3-10-17/h4-8,11-13,17H,2-3,9-10,14H2,1H3,(H2,21,22,23). The zero-order chi connectivity index (χ0) is 17.5. The number of carbonyl (C=O) groups excluding carboxylic acids is 1. The Kier molecular flexibility index (Phi) is 6.23. The summed E-state index contributed by atoms with van der Waals surface area (Å²) in [5.41, 5.74) is 1.88. The molecule has 5 heteroatoms. The second-order valence-electron chi connectivity index (χ2n) is 6.18. The number of ether oxygens (including phenoxy) is 1. The predicted octanol–water partition coefficient (Wildman–Crippen LogP) is 5.05. The average molecular weight is 356 g/mol. The van der Waals surface area contributed by atoms with Crippen LogP contribution in [-0.2, 0) is 6.54 Å². The van der Waals surface area contributed by atoms with Gasteiger partial charge in [-0.15, -0.1) is 11.8 Å². The van der Waals surface area contributed by atoms with Gasteiger partial charge in [-0.2, -0.15) is 0 Å². The second-order valence-corrected chi connectivity index (χ2v) is 7.52. The third-order valence-electron chi connectivity index (χ3n) is 4.32. The Balaban J connectivity index is 1.57. The van der Waals surface area contributed by atoms with Crippen LogP contribution in [0.2, 0.25) is 0 Å². The quantitative estimate of drug-likeness (QED) is 0.761. The molecule has 0 aromatic heterocycles. The van der Waals surface area contributed by atoms with Crippen molar-refractivity contribution in [3.05, 3.63) is 54.1 Å². The summed E-state index contributed by atoms with van der Waals surface area (Å²) in [5.74, 6) is 0.790. The Bertz CT molecular complexity index is 714. The van der Waals surface area contributed by atoms with Crippen LogP contribution in [0.4, 0.5) is 10.5 Å². The van der Waals surface area contributed by atoms with Crippen molar-refractivity contribution in [2.45, 2.75) is 42.4 Å². The molecule has 0 aliphatic heterocycles. The maximum Gasteiger partial charge on any atom is 0.319 e. The van der Waals surface area contributed by atoms with Gasteiger partial charge in [0.15, 0.2) is 0 Å². The maximum absolute atomic E-state index is 12.3. The highest BCUT2D eigenvalue weighted by Crippen LogP contribution is 2.37. The fourth-order valence-corrected chi connectivity index (χ4v) is 4.32. The number of amides is 2. The summed E-state index contributed by atoms with van der Waals surface area (Å²) in [4.78, 5) is 13.4. The van der Waals surface area contributed by atoms with E-state index >= 15 is 0 Å². The summed E-state index contributed by atoms with van der Waals surface area (Å²) in [6.07, 6.45) is 5.16. The first-order valence-corrected chi connectivity index (χ1v) is 9.56. The number of carbonyl (C=O) groups is 1. The number of hydrogen-bond acceptors (Lipinski definition) is 3. The van der Waals surface area contributed by atoms with Gasteiger partial charge in [0.1, 0.15) is 5.75 Å². The molecule has 2 aromatic carbocycles. The number of benzene rings is 2. The molecule has 0 atom stereocenters. The molecule has 3 rings (SSSR count). The van der Waals surface area contributed by atoms with E-state index in [0.717, 1.165) is 21.9 Å². The number of nitrogens with one attached hydrogen (secondary N) is 2. The molecule has 0 bridgehead atoms. The Morgan fingerprint density at radius 2 is 1.96 bits per heavy atom. The van der Waals surface area contributed by atoms with Gasteiger partial charge in [0.05, 0.1) is 12.8 Å². The fraction of sp³-hybridized carbons (Fsp3) is 0.350. The number of urea groups is 1. The van der Waals surface area contributed by atoms with Crippen LogP contribution in [-0.4, -0.2) is 18.4 Å². The van der Waals surface area contributed by atoms with Gasteiger partial charge in [0, 0.05) is 16.7 Å². The smallest absolute Gasteiger partial charge is 0.319 e. The van der Waals surface area contributed by atoms with Crippen molar-refractivity contribution in [3.63, 3.8) is 0 Å². The second kappa shape index (κ2) is 8.81. The van der Waals surface area contributed by atoms with E-state index in [9.17, 15) is 4.79 Å². The van der Waals surface area contributed by atoms with Gasteiger partial charge in [-0.05, 0) is 42.7 Å². The molecule has 1 aliphatic carbocycles. The van der Waals surface area contributed by atoms with Crippen LogP contribution in [0.25, 0.3) is 0 Å². The summed E-state index contributed by atoms with van der Waals surface area (Å²) in [5, 5.41) is 6.56. The Morgan fingerprint density at radius 3 is 2.76 bits per heavy atom. The lowest BCUT2D eigenvalue weighted by Crippen LogP contribution is -2.28. The Morgan fingerprint density at radius 1 is 1.16 bits per heavy atom. The highest BCUT2D eigenvalue weighted by atomic mass is 32.2. The number of rotatable bonds is 6. The monoisotopic (exact) mass is 356 g/mol. The zero-order valence-electron chi connectivity index (χ0n) is 14.5. The highest BCUT2D eigenvalue weighted by Gasteiger charge is 2.18. The molecule has 0 unspecified atom stereocenters. The molecule has 1 fully saturated rings. The molecule has 2 aromatic rings. The summed E-state index contributed by atoms with van der Waals surface area (Å²) in [6.45, 7) is 0.459. The third-order valence-corrected chi connectivity index (χ3v) is 5.73. The minimum Gasteiger partial charge on any atom is -0.497 e. The normalized spacial score (nSPS) is 14.3. The third kappa shape index (κ3) is 5.16. The molecule has 2 amide bonds. The van der Waals surface area contributed by atoms with E-state index in [0.29, 0.717) is 11.8 Å². The van der Waals surface area contributed by atoms with Gasteiger partial charge in [-0.25, -0.2) is 4.79 Å². The van der Waals surface area contributed by atoms with Crippen LogP contribution < -0.4 is 15.4 Å². The van der Waals surface area contributed by atoms with Crippen LogP contribution in [0.15, 0.2) is 53.4 Å². The topological polar surface area (TPSA) is 50.4 Å². The molecule has 132 valence electrons. The molecule has 0 radical (unpaired) electrons. The van der Waals surface area contributed by atoms with E-state index in [1.807, 2.05) is 54.2 Å². The first kappa shape index (κ1) is 17.7. The van der Waals surface area contributed by atoms with Crippen LogP contribution in [0, 0.1) is 0 Å². The lowest BCUT2D eigenvalue weighted by molar-refractivity contribution is 0.251. The first-order chi connectivity index (χ1) is 12.2. The molecule has 0 heterocycles. The Labute approximate surface area is 153 Å². The molecular formula is C20H24N2O2S. The number of para-hydroxylation sites is 1. The predicted molar refractivity (Wildman–Crippen MR) is 103 cm³/mol. The van der Waals surface area contributed by atoms with Crippen molar-refractivity contribution in [2.75, 3.05) is 12.4 Å².